The molecule has 1 aromatic carbocycles. The van der Waals surface area contributed by atoms with Crippen LogP contribution in [-0.2, 0) is 4.79 Å². The Bertz CT molecular complexity index is 530. The van der Waals surface area contributed by atoms with Gasteiger partial charge in [-0.05, 0) is 37.5 Å². The van der Waals surface area contributed by atoms with E-state index in [1.165, 1.54) is 6.42 Å². The molecule has 0 saturated carbocycles. The second kappa shape index (κ2) is 7.61. The van der Waals surface area contributed by atoms with Crippen molar-refractivity contribution >= 4 is 40.4 Å². The molecule has 1 amide bonds. The van der Waals surface area contributed by atoms with E-state index in [9.17, 15) is 4.79 Å². The van der Waals surface area contributed by atoms with Gasteiger partial charge in [-0.3, -0.25) is 4.79 Å². The third-order valence-electron chi connectivity index (χ3n) is 3.62. The average Bonchev–Trinajstić information content (AvgIpc) is 2.49. The summed E-state index contributed by atoms with van der Waals surface area (Å²) < 4.78 is 0. The number of rotatable bonds is 5. The van der Waals surface area contributed by atoms with Gasteiger partial charge in [0.05, 0.1) is 10.7 Å². The fourth-order valence-electron chi connectivity index (χ4n) is 2.42. The third kappa shape index (κ3) is 4.58. The Morgan fingerprint density at radius 3 is 2.67 bits per heavy atom. The molecule has 1 fully saturated rings. The summed E-state index contributed by atoms with van der Waals surface area (Å²) in [7, 11) is 0. The number of hydrogen-bond acceptors (Lipinski definition) is 3. The molecule has 0 aromatic heterocycles. The van der Waals surface area contributed by atoms with Gasteiger partial charge in [-0.15, -0.1) is 0 Å². The van der Waals surface area contributed by atoms with Crippen LogP contribution < -0.4 is 11.1 Å². The van der Waals surface area contributed by atoms with Crippen LogP contribution in [0.2, 0.25) is 5.02 Å². The van der Waals surface area contributed by atoms with Crippen LogP contribution in [0.4, 0.5) is 5.69 Å². The number of likely N-dealkylation sites (tertiary alicyclic amines) is 1. The van der Waals surface area contributed by atoms with Gasteiger partial charge in [0.25, 0.3) is 0 Å². The van der Waals surface area contributed by atoms with Crippen molar-refractivity contribution in [2.75, 3.05) is 25.0 Å². The van der Waals surface area contributed by atoms with E-state index in [0.717, 1.165) is 37.2 Å². The summed E-state index contributed by atoms with van der Waals surface area (Å²) in [5.74, 6) is 0.207. The normalized spacial score (nSPS) is 14.8. The highest BCUT2D eigenvalue weighted by Gasteiger charge is 2.15. The smallest absolute Gasteiger partial charge is 0.224 e. The topological polar surface area (TPSA) is 58.4 Å². The number of piperidine rings is 1. The summed E-state index contributed by atoms with van der Waals surface area (Å²) >= 11 is 11.1. The number of thiocarbonyl (C=S) groups is 1. The predicted octanol–water partition coefficient (Wildman–Crippen LogP) is 2.79. The van der Waals surface area contributed by atoms with E-state index in [-0.39, 0.29) is 5.91 Å². The number of benzene rings is 1. The van der Waals surface area contributed by atoms with Crippen molar-refractivity contribution in [3.05, 3.63) is 28.8 Å². The number of carbonyl (C=O) groups excluding carboxylic acids is 1. The first-order valence-corrected chi connectivity index (χ1v) is 7.97. The van der Waals surface area contributed by atoms with E-state index in [1.54, 1.807) is 6.07 Å². The molecule has 1 aliphatic rings. The summed E-state index contributed by atoms with van der Waals surface area (Å²) in [6.07, 6.45) is 3.94. The third-order valence-corrected chi connectivity index (χ3v) is 4.17. The van der Waals surface area contributed by atoms with Crippen molar-refractivity contribution in [3.63, 3.8) is 0 Å². The summed E-state index contributed by atoms with van der Waals surface area (Å²) in [5.41, 5.74) is 7.09. The van der Waals surface area contributed by atoms with Crippen LogP contribution >= 0.6 is 23.8 Å². The summed E-state index contributed by atoms with van der Waals surface area (Å²) in [4.78, 5) is 14.3. The number of halogens is 1. The first-order valence-electron chi connectivity index (χ1n) is 7.19. The highest BCUT2D eigenvalue weighted by Crippen LogP contribution is 2.23. The molecule has 1 heterocycles. The highest BCUT2D eigenvalue weighted by atomic mass is 35.5. The molecule has 2 rings (SSSR count). The molecule has 0 aliphatic carbocycles. The lowest BCUT2D eigenvalue weighted by molar-refractivity contribution is -0.131. The zero-order valence-electron chi connectivity index (χ0n) is 11.9. The fourth-order valence-corrected chi connectivity index (χ4v) is 2.79. The predicted molar refractivity (Wildman–Crippen MR) is 90.9 cm³/mol. The van der Waals surface area contributed by atoms with Gasteiger partial charge in [0.15, 0.2) is 0 Å². The van der Waals surface area contributed by atoms with Gasteiger partial charge in [-0.25, -0.2) is 0 Å². The monoisotopic (exact) mass is 325 g/mol. The molecular formula is C15H20ClN3OS. The number of nitrogens with zero attached hydrogens (tertiary/aromatic N) is 1. The van der Waals surface area contributed by atoms with Crippen LogP contribution in [0.1, 0.15) is 31.2 Å². The maximum absolute atomic E-state index is 12.0. The lowest BCUT2D eigenvalue weighted by Gasteiger charge is -2.26. The van der Waals surface area contributed by atoms with Crippen LogP contribution in [0.3, 0.4) is 0 Å². The van der Waals surface area contributed by atoms with Gasteiger partial charge in [0, 0.05) is 31.6 Å². The molecule has 1 aliphatic heterocycles. The molecule has 3 N–H and O–H groups in total. The van der Waals surface area contributed by atoms with Crippen LogP contribution in [0, 0.1) is 0 Å². The molecule has 1 saturated heterocycles. The minimum Gasteiger partial charge on any atom is -0.389 e. The Morgan fingerprint density at radius 2 is 2.05 bits per heavy atom. The number of anilines is 1. The van der Waals surface area contributed by atoms with Gasteiger partial charge in [-0.1, -0.05) is 23.8 Å². The Labute approximate surface area is 135 Å². The molecule has 1 aromatic rings. The largest absolute Gasteiger partial charge is 0.389 e. The number of amides is 1. The van der Waals surface area contributed by atoms with Crippen molar-refractivity contribution in [1.29, 1.82) is 0 Å². The molecule has 0 atom stereocenters. The number of hydrogen-bond donors (Lipinski definition) is 2. The van der Waals surface area contributed by atoms with E-state index < -0.39 is 0 Å². The Morgan fingerprint density at radius 1 is 1.33 bits per heavy atom. The van der Waals surface area contributed by atoms with Crippen molar-refractivity contribution in [2.24, 2.45) is 5.73 Å². The van der Waals surface area contributed by atoms with Gasteiger partial charge < -0.3 is 16.0 Å². The zero-order valence-corrected chi connectivity index (χ0v) is 13.5. The van der Waals surface area contributed by atoms with E-state index in [4.69, 9.17) is 29.6 Å². The first-order chi connectivity index (χ1) is 10.1. The minimum absolute atomic E-state index is 0.207. The van der Waals surface area contributed by atoms with Crippen LogP contribution in [0.25, 0.3) is 0 Å². The van der Waals surface area contributed by atoms with Crippen molar-refractivity contribution in [3.8, 4) is 0 Å². The van der Waals surface area contributed by atoms with Gasteiger partial charge >= 0.3 is 0 Å². The maximum atomic E-state index is 12.0. The summed E-state index contributed by atoms with van der Waals surface area (Å²) in [5, 5.41) is 3.75. The maximum Gasteiger partial charge on any atom is 0.224 e. The Balaban J connectivity index is 1.83. The molecule has 6 heteroatoms. The lowest BCUT2D eigenvalue weighted by atomic mass is 10.1. The second-order valence-electron chi connectivity index (χ2n) is 5.18. The van der Waals surface area contributed by atoms with E-state index in [1.807, 2.05) is 17.0 Å². The van der Waals surface area contributed by atoms with E-state index in [0.29, 0.717) is 23.0 Å². The quantitative estimate of drug-likeness (QED) is 0.817. The number of nitrogens with two attached hydrogens (primary N) is 1. The van der Waals surface area contributed by atoms with E-state index in [2.05, 4.69) is 5.32 Å². The van der Waals surface area contributed by atoms with Gasteiger partial charge in [0.1, 0.15) is 4.99 Å². The van der Waals surface area contributed by atoms with Crippen LogP contribution in [-0.4, -0.2) is 35.4 Å². The van der Waals surface area contributed by atoms with Crippen LogP contribution in [0.5, 0.6) is 0 Å². The molecule has 0 spiro atoms. The lowest BCUT2D eigenvalue weighted by Crippen LogP contribution is -2.36. The van der Waals surface area contributed by atoms with E-state index >= 15 is 0 Å². The highest BCUT2D eigenvalue weighted by molar-refractivity contribution is 7.80. The Hall–Kier alpha value is -1.33. The number of carbonyl (C=O) groups is 1. The average molecular weight is 326 g/mol. The number of nitrogens with one attached hydrogen (secondary N) is 1. The summed E-state index contributed by atoms with van der Waals surface area (Å²) in [6, 6.07) is 5.39. The standard InChI is InChI=1S/C15H20ClN3OS/c16-12-10-11(15(17)21)4-5-13(12)18-7-6-14(20)19-8-2-1-3-9-19/h4-5,10,18H,1-3,6-9H2,(H2,17,21). The minimum atomic E-state index is 0.207. The van der Waals surface area contributed by atoms with Crippen molar-refractivity contribution < 1.29 is 4.79 Å². The Kier molecular flexibility index (Phi) is 5.82. The van der Waals surface area contributed by atoms with Crippen LogP contribution in [0.15, 0.2) is 18.2 Å². The fraction of sp³-hybridized carbons (Fsp3) is 0.467. The molecule has 0 bridgehead atoms. The molecule has 114 valence electrons. The first kappa shape index (κ1) is 16.0. The molecule has 0 radical (unpaired) electrons. The van der Waals surface area contributed by atoms with Gasteiger partial charge in [0.2, 0.25) is 5.91 Å². The molecule has 0 unspecified atom stereocenters. The molecular weight excluding hydrogens is 306 g/mol. The zero-order chi connectivity index (χ0) is 15.2. The summed E-state index contributed by atoms with van der Waals surface area (Å²) in [6.45, 7) is 2.35. The molecule has 4 nitrogen and oxygen atoms in total. The second-order valence-corrected chi connectivity index (χ2v) is 6.02. The van der Waals surface area contributed by atoms with Gasteiger partial charge in [-0.2, -0.15) is 0 Å². The molecule has 21 heavy (non-hydrogen) atoms. The van der Waals surface area contributed by atoms with Crippen molar-refractivity contribution in [2.45, 2.75) is 25.7 Å². The SMILES string of the molecule is NC(=S)c1ccc(NCCC(=O)N2CCCCC2)c(Cl)c1. The van der Waals surface area contributed by atoms with Crippen molar-refractivity contribution in [1.82, 2.24) is 4.90 Å².